The fraction of sp³-hybridized carbons (Fsp3) is 0.733. The minimum atomic E-state index is 0.458. The number of morpholine rings is 1. The Morgan fingerprint density at radius 3 is 2.89 bits per heavy atom. The molecule has 1 aromatic heterocycles. The fourth-order valence-electron chi connectivity index (χ4n) is 2.64. The molecule has 0 radical (unpaired) electrons. The van der Waals surface area contributed by atoms with Gasteiger partial charge in [0.2, 0.25) is 0 Å². The average Bonchev–Trinajstić information content (AvgIpc) is 2.90. The minimum Gasteiger partial charge on any atom is -0.379 e. The Labute approximate surface area is 120 Å². The van der Waals surface area contributed by atoms with Gasteiger partial charge in [-0.15, -0.1) is 11.3 Å². The molecule has 4 heteroatoms. The highest BCUT2D eigenvalue weighted by molar-refractivity contribution is 7.10. The van der Waals surface area contributed by atoms with Crippen LogP contribution in [0.2, 0.25) is 0 Å². The second kappa shape index (κ2) is 7.39. The molecule has 1 fully saturated rings. The van der Waals surface area contributed by atoms with Crippen LogP contribution in [0.25, 0.3) is 0 Å². The van der Waals surface area contributed by atoms with Gasteiger partial charge < -0.3 is 15.4 Å². The van der Waals surface area contributed by atoms with E-state index in [-0.39, 0.29) is 0 Å². The van der Waals surface area contributed by atoms with Gasteiger partial charge in [-0.05, 0) is 30.7 Å². The number of rotatable bonds is 6. The van der Waals surface area contributed by atoms with Crippen molar-refractivity contribution in [1.29, 1.82) is 0 Å². The maximum atomic E-state index is 5.52. The molecule has 2 rings (SSSR count). The third-order valence-corrected chi connectivity index (χ3v) is 4.57. The minimum absolute atomic E-state index is 0.458. The van der Waals surface area contributed by atoms with Crippen LogP contribution in [0.4, 0.5) is 0 Å². The largest absolute Gasteiger partial charge is 0.379 e. The molecule has 19 heavy (non-hydrogen) atoms. The number of hydrogen-bond donors (Lipinski definition) is 2. The molecule has 0 aromatic carbocycles. The molecule has 0 saturated carbocycles. The monoisotopic (exact) mass is 282 g/mol. The highest BCUT2D eigenvalue weighted by Gasteiger charge is 2.21. The lowest BCUT2D eigenvalue weighted by Gasteiger charge is -2.30. The Bertz CT molecular complexity index is 347. The summed E-state index contributed by atoms with van der Waals surface area (Å²) in [5, 5.41) is 9.47. The van der Waals surface area contributed by atoms with E-state index < -0.39 is 0 Å². The zero-order valence-electron chi connectivity index (χ0n) is 12.2. The Kier molecular flexibility index (Phi) is 5.82. The number of ether oxygens (including phenoxy) is 1. The van der Waals surface area contributed by atoms with Gasteiger partial charge in [0.15, 0.2) is 0 Å². The van der Waals surface area contributed by atoms with Crippen molar-refractivity contribution in [3.05, 3.63) is 22.4 Å². The van der Waals surface area contributed by atoms with Crippen LogP contribution >= 0.6 is 11.3 Å². The molecule has 2 N–H and O–H groups in total. The lowest BCUT2D eigenvalue weighted by Crippen LogP contribution is -2.45. The van der Waals surface area contributed by atoms with Gasteiger partial charge in [-0.2, -0.15) is 0 Å². The van der Waals surface area contributed by atoms with E-state index in [9.17, 15) is 0 Å². The van der Waals surface area contributed by atoms with Crippen LogP contribution in [-0.2, 0) is 4.74 Å². The summed E-state index contributed by atoms with van der Waals surface area (Å²) in [6, 6.07) is 5.82. The molecule has 1 saturated heterocycles. The predicted octanol–water partition coefficient (Wildman–Crippen LogP) is 2.80. The Morgan fingerprint density at radius 1 is 1.47 bits per heavy atom. The molecule has 3 nitrogen and oxygen atoms in total. The lowest BCUT2D eigenvalue weighted by molar-refractivity contribution is 0.0704. The highest BCUT2D eigenvalue weighted by Crippen LogP contribution is 2.26. The van der Waals surface area contributed by atoms with Gasteiger partial charge in [0.1, 0.15) is 0 Å². The van der Waals surface area contributed by atoms with E-state index >= 15 is 0 Å². The number of hydrogen-bond acceptors (Lipinski definition) is 4. The summed E-state index contributed by atoms with van der Waals surface area (Å²) in [5.41, 5.74) is 0. The van der Waals surface area contributed by atoms with Gasteiger partial charge in [-0.1, -0.05) is 19.9 Å². The predicted molar refractivity (Wildman–Crippen MR) is 81.7 cm³/mol. The quantitative estimate of drug-likeness (QED) is 0.842. The van der Waals surface area contributed by atoms with Crippen molar-refractivity contribution in [2.24, 2.45) is 5.92 Å². The Balaban J connectivity index is 1.86. The smallest absolute Gasteiger partial charge is 0.0620 e. The van der Waals surface area contributed by atoms with E-state index in [0.717, 1.165) is 26.2 Å². The van der Waals surface area contributed by atoms with E-state index in [1.54, 1.807) is 0 Å². The fourth-order valence-corrected chi connectivity index (χ4v) is 3.60. The maximum absolute atomic E-state index is 5.52. The summed E-state index contributed by atoms with van der Waals surface area (Å²) >= 11 is 1.84. The first-order valence-corrected chi connectivity index (χ1v) is 8.15. The maximum Gasteiger partial charge on any atom is 0.0620 e. The van der Waals surface area contributed by atoms with Crippen LogP contribution in [0.1, 0.15) is 38.1 Å². The molecule has 3 unspecified atom stereocenters. The van der Waals surface area contributed by atoms with Gasteiger partial charge in [0.25, 0.3) is 0 Å². The van der Waals surface area contributed by atoms with Gasteiger partial charge in [0.05, 0.1) is 13.2 Å². The first kappa shape index (κ1) is 15.0. The summed E-state index contributed by atoms with van der Waals surface area (Å²) in [6.45, 7) is 9.52. The molecule has 108 valence electrons. The summed E-state index contributed by atoms with van der Waals surface area (Å²) in [6.07, 6.45) is 1.12. The molecule has 1 aliphatic heterocycles. The van der Waals surface area contributed by atoms with Crippen LogP contribution in [-0.4, -0.2) is 31.8 Å². The van der Waals surface area contributed by atoms with Gasteiger partial charge >= 0.3 is 0 Å². The summed E-state index contributed by atoms with van der Waals surface area (Å²) in [4.78, 5) is 1.44. The first-order chi connectivity index (χ1) is 9.16. The summed E-state index contributed by atoms with van der Waals surface area (Å²) in [5.74, 6) is 0.608. The van der Waals surface area contributed by atoms with Crippen molar-refractivity contribution in [3.63, 3.8) is 0 Å². The van der Waals surface area contributed by atoms with Crippen molar-refractivity contribution in [3.8, 4) is 0 Å². The van der Waals surface area contributed by atoms with E-state index in [1.807, 2.05) is 11.3 Å². The van der Waals surface area contributed by atoms with Gasteiger partial charge in [-0.3, -0.25) is 0 Å². The van der Waals surface area contributed by atoms with E-state index in [0.29, 0.717) is 24.0 Å². The molecule has 0 bridgehead atoms. The Hall–Kier alpha value is -0.420. The SMILES string of the molecule is CC(CC1COCCN1)NC(c1cccs1)C(C)C. The van der Waals surface area contributed by atoms with Gasteiger partial charge in [0, 0.05) is 29.5 Å². The molecule has 0 aliphatic carbocycles. The zero-order chi connectivity index (χ0) is 13.7. The molecular weight excluding hydrogens is 256 g/mol. The molecule has 3 atom stereocenters. The average molecular weight is 282 g/mol. The summed E-state index contributed by atoms with van der Waals surface area (Å²) in [7, 11) is 0. The zero-order valence-corrected chi connectivity index (χ0v) is 13.0. The van der Waals surface area contributed by atoms with E-state index in [2.05, 4.69) is 48.9 Å². The Morgan fingerprint density at radius 2 is 2.32 bits per heavy atom. The first-order valence-electron chi connectivity index (χ1n) is 7.27. The molecule has 0 spiro atoms. The van der Waals surface area contributed by atoms with Crippen molar-refractivity contribution < 1.29 is 4.74 Å². The number of nitrogens with one attached hydrogen (secondary N) is 2. The van der Waals surface area contributed by atoms with Crippen LogP contribution in [0.15, 0.2) is 17.5 Å². The van der Waals surface area contributed by atoms with Crippen LogP contribution in [0.3, 0.4) is 0 Å². The normalized spacial score (nSPS) is 23.5. The van der Waals surface area contributed by atoms with Gasteiger partial charge in [-0.25, -0.2) is 0 Å². The van der Waals surface area contributed by atoms with E-state index in [4.69, 9.17) is 4.74 Å². The molecule has 1 aromatic rings. The van der Waals surface area contributed by atoms with Crippen molar-refractivity contribution in [2.75, 3.05) is 19.8 Å². The second-order valence-corrected chi connectivity index (χ2v) is 6.75. The van der Waals surface area contributed by atoms with Crippen molar-refractivity contribution >= 4 is 11.3 Å². The molecule has 1 aliphatic rings. The number of thiophene rings is 1. The standard InChI is InChI=1S/C15H26N2OS/c1-11(2)15(14-5-4-8-19-14)17-12(3)9-13-10-18-7-6-16-13/h4-5,8,11-13,15-17H,6-7,9-10H2,1-3H3. The third-order valence-electron chi connectivity index (χ3n) is 3.62. The lowest BCUT2D eigenvalue weighted by atomic mass is 10.00. The van der Waals surface area contributed by atoms with Crippen molar-refractivity contribution in [1.82, 2.24) is 10.6 Å². The van der Waals surface area contributed by atoms with E-state index in [1.165, 1.54) is 4.88 Å². The summed E-state index contributed by atoms with van der Waals surface area (Å²) < 4.78 is 5.52. The van der Waals surface area contributed by atoms with Crippen LogP contribution < -0.4 is 10.6 Å². The second-order valence-electron chi connectivity index (χ2n) is 5.77. The molecular formula is C15H26N2OS. The van der Waals surface area contributed by atoms with Crippen LogP contribution in [0.5, 0.6) is 0 Å². The third kappa shape index (κ3) is 4.56. The topological polar surface area (TPSA) is 33.3 Å². The molecule has 2 heterocycles. The van der Waals surface area contributed by atoms with Crippen LogP contribution in [0, 0.1) is 5.92 Å². The van der Waals surface area contributed by atoms with Crippen molar-refractivity contribution in [2.45, 2.75) is 45.3 Å². The highest BCUT2D eigenvalue weighted by atomic mass is 32.1. The molecule has 0 amide bonds.